The van der Waals surface area contributed by atoms with Crippen molar-refractivity contribution in [2.45, 2.75) is 36.9 Å². The molecule has 5 nitrogen and oxygen atoms in total. The van der Waals surface area contributed by atoms with Crippen LogP contribution in [-0.2, 0) is 10.0 Å². The van der Waals surface area contributed by atoms with E-state index in [1.54, 1.807) is 0 Å². The molecule has 1 aliphatic heterocycles. The topological polar surface area (TPSA) is 62.4 Å². The lowest BCUT2D eigenvalue weighted by molar-refractivity contribution is -0.275. The quantitative estimate of drug-likeness (QED) is 0.627. The Morgan fingerprint density at radius 2 is 1.80 bits per heavy atom. The number of rotatable bonds is 4. The fourth-order valence-electron chi connectivity index (χ4n) is 4.01. The van der Waals surface area contributed by atoms with Crippen LogP contribution in [0.15, 0.2) is 53.6 Å². The van der Waals surface area contributed by atoms with Crippen molar-refractivity contribution in [1.29, 1.82) is 0 Å². The van der Waals surface area contributed by atoms with Crippen LogP contribution in [0.25, 0.3) is 10.9 Å². The first-order valence-electron chi connectivity index (χ1n) is 9.58. The van der Waals surface area contributed by atoms with Crippen LogP contribution in [0, 0.1) is 6.92 Å². The molecule has 4 rings (SSSR count). The molecule has 2 heterocycles. The largest absolute Gasteiger partial charge is 0.573 e. The third kappa shape index (κ3) is 4.04. The number of alkyl halides is 3. The maximum Gasteiger partial charge on any atom is 0.573 e. The molecule has 0 aliphatic carbocycles. The number of halogens is 3. The molecule has 0 bridgehead atoms. The molecule has 1 aromatic heterocycles. The van der Waals surface area contributed by atoms with Gasteiger partial charge in [0.1, 0.15) is 10.6 Å². The molecule has 160 valence electrons. The summed E-state index contributed by atoms with van der Waals surface area (Å²) in [5.41, 5.74) is 3.32. The highest BCUT2D eigenvalue weighted by Crippen LogP contribution is 2.37. The van der Waals surface area contributed by atoms with E-state index < -0.39 is 27.0 Å². The van der Waals surface area contributed by atoms with E-state index in [-0.39, 0.29) is 19.0 Å². The van der Waals surface area contributed by atoms with Gasteiger partial charge in [-0.25, -0.2) is 8.42 Å². The standard InChI is InChI=1S/C21H21F3N2O3S/c1-14-6-7-18-16(12-14)17(13-25-18)15-8-10-26(11-9-15)30(27,28)20-5-3-2-4-19(20)29-21(22,23)24/h2-7,12-13,15,25H,8-11H2,1H3. The first kappa shape index (κ1) is 20.7. The zero-order valence-corrected chi connectivity index (χ0v) is 17.1. The van der Waals surface area contributed by atoms with Gasteiger partial charge >= 0.3 is 6.36 Å². The summed E-state index contributed by atoms with van der Waals surface area (Å²) in [7, 11) is -4.11. The molecule has 30 heavy (non-hydrogen) atoms. The molecule has 1 N–H and O–H groups in total. The van der Waals surface area contributed by atoms with Crippen LogP contribution < -0.4 is 4.74 Å². The Morgan fingerprint density at radius 3 is 2.50 bits per heavy atom. The summed E-state index contributed by atoms with van der Waals surface area (Å²) in [4.78, 5) is 2.79. The van der Waals surface area contributed by atoms with Gasteiger partial charge in [-0.05, 0) is 55.5 Å². The van der Waals surface area contributed by atoms with E-state index in [1.165, 1.54) is 16.4 Å². The smallest absolute Gasteiger partial charge is 0.404 e. The Labute approximate surface area is 172 Å². The summed E-state index contributed by atoms with van der Waals surface area (Å²) in [6.07, 6.45) is -1.83. The number of aromatic amines is 1. The van der Waals surface area contributed by atoms with E-state index in [0.717, 1.165) is 34.2 Å². The lowest BCUT2D eigenvalue weighted by Gasteiger charge is -2.31. The minimum absolute atomic E-state index is 0.175. The Balaban J connectivity index is 1.55. The number of hydrogen-bond donors (Lipinski definition) is 1. The molecule has 0 unspecified atom stereocenters. The lowest BCUT2D eigenvalue weighted by atomic mass is 9.90. The zero-order valence-electron chi connectivity index (χ0n) is 16.2. The van der Waals surface area contributed by atoms with Gasteiger partial charge in [-0.1, -0.05) is 23.8 Å². The van der Waals surface area contributed by atoms with Gasteiger partial charge in [0, 0.05) is 30.2 Å². The van der Waals surface area contributed by atoms with Crippen molar-refractivity contribution in [3.63, 3.8) is 0 Å². The van der Waals surface area contributed by atoms with Crippen LogP contribution >= 0.6 is 0 Å². The number of H-pyrrole nitrogens is 1. The molecule has 1 fully saturated rings. The first-order valence-corrected chi connectivity index (χ1v) is 11.0. The number of nitrogens with zero attached hydrogens (tertiary/aromatic N) is 1. The van der Waals surface area contributed by atoms with Crippen LogP contribution in [-0.4, -0.2) is 37.2 Å². The molecule has 2 aromatic carbocycles. The first-order chi connectivity index (χ1) is 14.1. The predicted octanol–water partition coefficient (Wildman–Crippen LogP) is 4.94. The van der Waals surface area contributed by atoms with Crippen molar-refractivity contribution in [2.75, 3.05) is 13.1 Å². The fraction of sp³-hybridized carbons (Fsp3) is 0.333. The predicted molar refractivity (Wildman–Crippen MR) is 107 cm³/mol. The van der Waals surface area contributed by atoms with Gasteiger partial charge < -0.3 is 9.72 Å². The number of sulfonamides is 1. The number of benzene rings is 2. The number of aromatic nitrogens is 1. The lowest BCUT2D eigenvalue weighted by Crippen LogP contribution is -2.38. The molecule has 0 radical (unpaired) electrons. The van der Waals surface area contributed by atoms with Crippen LogP contribution in [0.4, 0.5) is 13.2 Å². The summed E-state index contributed by atoms with van der Waals surface area (Å²) in [5, 5.41) is 1.13. The zero-order chi connectivity index (χ0) is 21.5. The van der Waals surface area contributed by atoms with Crippen molar-refractivity contribution in [3.05, 3.63) is 59.8 Å². The normalized spacial score (nSPS) is 16.8. The fourth-order valence-corrected chi connectivity index (χ4v) is 5.60. The summed E-state index contributed by atoms with van der Waals surface area (Å²) >= 11 is 0. The second-order valence-corrected chi connectivity index (χ2v) is 9.37. The summed E-state index contributed by atoms with van der Waals surface area (Å²) in [6.45, 7) is 2.48. The average Bonchev–Trinajstić information content (AvgIpc) is 3.10. The monoisotopic (exact) mass is 438 g/mol. The van der Waals surface area contributed by atoms with Crippen molar-refractivity contribution in [2.24, 2.45) is 0 Å². The molecule has 3 aromatic rings. The van der Waals surface area contributed by atoms with E-state index in [1.807, 2.05) is 25.3 Å². The Bertz CT molecular complexity index is 1160. The number of piperidine rings is 1. The Kier molecular flexibility index (Phi) is 5.27. The highest BCUT2D eigenvalue weighted by atomic mass is 32.2. The van der Waals surface area contributed by atoms with Gasteiger partial charge in [-0.15, -0.1) is 13.2 Å². The second kappa shape index (κ2) is 7.63. The van der Waals surface area contributed by atoms with Crippen molar-refractivity contribution in [3.8, 4) is 5.75 Å². The molecule has 0 atom stereocenters. The third-order valence-electron chi connectivity index (χ3n) is 5.46. The Morgan fingerprint density at radius 1 is 1.10 bits per heavy atom. The maximum absolute atomic E-state index is 13.0. The summed E-state index contributed by atoms with van der Waals surface area (Å²) < 4.78 is 69.3. The van der Waals surface area contributed by atoms with Crippen molar-refractivity contribution < 1.29 is 26.3 Å². The maximum atomic E-state index is 13.0. The number of fused-ring (bicyclic) bond motifs is 1. The highest BCUT2D eigenvalue weighted by Gasteiger charge is 2.37. The van der Waals surface area contributed by atoms with Gasteiger partial charge in [0.2, 0.25) is 10.0 Å². The molecule has 0 amide bonds. The highest BCUT2D eigenvalue weighted by molar-refractivity contribution is 7.89. The average molecular weight is 438 g/mol. The number of aryl methyl sites for hydroxylation is 1. The number of nitrogens with one attached hydrogen (secondary N) is 1. The number of ether oxygens (including phenoxy) is 1. The number of para-hydroxylation sites is 1. The van der Waals surface area contributed by atoms with Crippen molar-refractivity contribution >= 4 is 20.9 Å². The van der Waals surface area contributed by atoms with Crippen LogP contribution in [0.1, 0.15) is 29.9 Å². The molecule has 0 spiro atoms. The van der Waals surface area contributed by atoms with Gasteiger partial charge in [-0.2, -0.15) is 4.31 Å². The Hall–Kier alpha value is -2.52. The van der Waals surface area contributed by atoms with E-state index >= 15 is 0 Å². The van der Waals surface area contributed by atoms with E-state index in [4.69, 9.17) is 0 Å². The number of hydrogen-bond acceptors (Lipinski definition) is 3. The molecule has 1 saturated heterocycles. The minimum Gasteiger partial charge on any atom is -0.404 e. The van der Waals surface area contributed by atoms with Gasteiger partial charge in [0.05, 0.1) is 0 Å². The van der Waals surface area contributed by atoms with Gasteiger partial charge in [0.15, 0.2) is 0 Å². The SMILES string of the molecule is Cc1ccc2[nH]cc(C3CCN(S(=O)(=O)c4ccccc4OC(F)(F)F)CC3)c2c1. The van der Waals surface area contributed by atoms with E-state index in [2.05, 4.69) is 15.8 Å². The molecule has 0 saturated carbocycles. The summed E-state index contributed by atoms with van der Waals surface area (Å²) in [5.74, 6) is -0.534. The van der Waals surface area contributed by atoms with E-state index in [0.29, 0.717) is 12.8 Å². The van der Waals surface area contributed by atoms with Gasteiger partial charge in [0.25, 0.3) is 0 Å². The van der Waals surface area contributed by atoms with Crippen molar-refractivity contribution in [1.82, 2.24) is 9.29 Å². The molecule has 1 aliphatic rings. The van der Waals surface area contributed by atoms with Crippen LogP contribution in [0.3, 0.4) is 0 Å². The molecular formula is C21H21F3N2O3S. The second-order valence-electron chi connectivity index (χ2n) is 7.47. The molecule has 9 heteroatoms. The summed E-state index contributed by atoms with van der Waals surface area (Å²) in [6, 6.07) is 11.0. The van der Waals surface area contributed by atoms with Gasteiger partial charge in [-0.3, -0.25) is 0 Å². The third-order valence-corrected chi connectivity index (χ3v) is 7.39. The van der Waals surface area contributed by atoms with E-state index in [9.17, 15) is 21.6 Å². The minimum atomic E-state index is -4.97. The van der Waals surface area contributed by atoms with Crippen LogP contribution in [0.5, 0.6) is 5.75 Å². The molecular weight excluding hydrogens is 417 g/mol. The van der Waals surface area contributed by atoms with Crippen LogP contribution in [0.2, 0.25) is 0 Å².